The number of carbonyl (C=O) groups is 2. The second-order valence-corrected chi connectivity index (χ2v) is 5.24. The molecular weight excluding hydrogens is 300 g/mol. The summed E-state index contributed by atoms with van der Waals surface area (Å²) >= 11 is 0. The summed E-state index contributed by atoms with van der Waals surface area (Å²) in [6, 6.07) is 8.00. The highest BCUT2D eigenvalue weighted by molar-refractivity contribution is 7.86. The second kappa shape index (κ2) is 9.67. The molecule has 1 aromatic rings. The van der Waals surface area contributed by atoms with Gasteiger partial charge in [0.15, 0.2) is 0 Å². The van der Waals surface area contributed by atoms with Gasteiger partial charge >= 0.3 is 11.9 Å². The topological polar surface area (TPSA) is 118 Å². The Kier molecular flexibility index (Phi) is 8.66. The molecular formula is C13H16O7S. The van der Waals surface area contributed by atoms with Crippen LogP contribution in [0.15, 0.2) is 47.9 Å². The van der Waals surface area contributed by atoms with Gasteiger partial charge in [0.2, 0.25) is 0 Å². The SMILES string of the molecule is C=CCOS(=O)(=O)c1ccccc1.O=C(O)CCC(=O)O. The van der Waals surface area contributed by atoms with Crippen molar-refractivity contribution in [2.24, 2.45) is 0 Å². The van der Waals surface area contributed by atoms with Crippen LogP contribution in [0.3, 0.4) is 0 Å². The van der Waals surface area contributed by atoms with Gasteiger partial charge in [-0.3, -0.25) is 13.8 Å². The van der Waals surface area contributed by atoms with Crippen LogP contribution in [0.4, 0.5) is 0 Å². The third kappa shape index (κ3) is 9.36. The molecule has 0 saturated heterocycles. The highest BCUT2D eigenvalue weighted by Gasteiger charge is 2.12. The van der Waals surface area contributed by atoms with Crippen LogP contribution in [0.2, 0.25) is 0 Å². The Labute approximate surface area is 122 Å². The number of carboxylic acids is 2. The first-order chi connectivity index (χ1) is 9.79. The van der Waals surface area contributed by atoms with Crippen molar-refractivity contribution >= 4 is 22.1 Å². The van der Waals surface area contributed by atoms with Gasteiger partial charge < -0.3 is 10.2 Å². The van der Waals surface area contributed by atoms with Crippen molar-refractivity contribution in [2.45, 2.75) is 17.7 Å². The van der Waals surface area contributed by atoms with Crippen molar-refractivity contribution in [1.29, 1.82) is 0 Å². The maximum absolute atomic E-state index is 11.3. The molecule has 0 amide bonds. The fourth-order valence-corrected chi connectivity index (χ4v) is 1.91. The molecule has 21 heavy (non-hydrogen) atoms. The fourth-order valence-electron chi connectivity index (χ4n) is 1.01. The Morgan fingerprint density at radius 1 is 1.10 bits per heavy atom. The first-order valence-corrected chi connectivity index (χ1v) is 7.19. The lowest BCUT2D eigenvalue weighted by Crippen LogP contribution is -2.05. The van der Waals surface area contributed by atoms with Crippen LogP contribution < -0.4 is 0 Å². The van der Waals surface area contributed by atoms with E-state index in [0.717, 1.165) is 0 Å². The monoisotopic (exact) mass is 316 g/mol. The molecule has 8 heteroatoms. The molecule has 0 spiro atoms. The Balaban J connectivity index is 0.000000433. The number of rotatable bonds is 7. The number of benzene rings is 1. The van der Waals surface area contributed by atoms with E-state index in [1.54, 1.807) is 18.2 Å². The van der Waals surface area contributed by atoms with E-state index in [9.17, 15) is 18.0 Å². The molecule has 1 aromatic carbocycles. The zero-order chi connectivity index (χ0) is 16.3. The highest BCUT2D eigenvalue weighted by atomic mass is 32.2. The predicted molar refractivity (Wildman–Crippen MR) is 74.3 cm³/mol. The maximum Gasteiger partial charge on any atom is 0.303 e. The molecule has 0 heterocycles. The molecule has 0 radical (unpaired) electrons. The summed E-state index contributed by atoms with van der Waals surface area (Å²) in [6.45, 7) is 3.37. The first-order valence-electron chi connectivity index (χ1n) is 5.78. The lowest BCUT2D eigenvalue weighted by atomic mass is 10.3. The predicted octanol–water partition coefficient (Wildman–Crippen LogP) is 1.51. The minimum Gasteiger partial charge on any atom is -0.481 e. The van der Waals surface area contributed by atoms with Crippen LogP contribution in [0, 0.1) is 0 Å². The average molecular weight is 316 g/mol. The molecule has 2 N–H and O–H groups in total. The highest BCUT2D eigenvalue weighted by Crippen LogP contribution is 2.10. The number of hydrogen-bond donors (Lipinski definition) is 2. The van der Waals surface area contributed by atoms with Crippen LogP contribution >= 0.6 is 0 Å². The zero-order valence-corrected chi connectivity index (χ0v) is 12.0. The van der Waals surface area contributed by atoms with Gasteiger partial charge in [-0.2, -0.15) is 8.42 Å². The normalized spacial score (nSPS) is 10.1. The van der Waals surface area contributed by atoms with E-state index < -0.39 is 22.1 Å². The molecule has 0 saturated carbocycles. The van der Waals surface area contributed by atoms with Gasteiger partial charge in [0.1, 0.15) is 0 Å². The molecule has 116 valence electrons. The van der Waals surface area contributed by atoms with E-state index in [0.29, 0.717) is 0 Å². The quantitative estimate of drug-likeness (QED) is 0.578. The van der Waals surface area contributed by atoms with E-state index in [2.05, 4.69) is 10.8 Å². The summed E-state index contributed by atoms with van der Waals surface area (Å²) in [4.78, 5) is 19.4. The number of carboxylic acid groups (broad SMARTS) is 2. The average Bonchev–Trinajstić information content (AvgIpc) is 2.45. The molecule has 0 bridgehead atoms. The number of hydrogen-bond acceptors (Lipinski definition) is 5. The van der Waals surface area contributed by atoms with Gasteiger partial charge in [-0.1, -0.05) is 24.3 Å². The summed E-state index contributed by atoms with van der Waals surface area (Å²) in [5, 5.41) is 15.8. The third-order valence-corrected chi connectivity index (χ3v) is 3.22. The lowest BCUT2D eigenvalue weighted by Gasteiger charge is -2.01. The van der Waals surface area contributed by atoms with Gasteiger partial charge in [0.05, 0.1) is 24.3 Å². The molecule has 0 unspecified atom stereocenters. The van der Waals surface area contributed by atoms with E-state index in [-0.39, 0.29) is 24.3 Å². The van der Waals surface area contributed by atoms with Gasteiger partial charge in [0.25, 0.3) is 10.1 Å². The molecule has 0 aromatic heterocycles. The third-order valence-electron chi connectivity index (χ3n) is 1.93. The van der Waals surface area contributed by atoms with Crippen LogP contribution in [0.5, 0.6) is 0 Å². The maximum atomic E-state index is 11.3. The molecule has 0 aliphatic rings. The second-order valence-electron chi connectivity index (χ2n) is 3.63. The molecule has 7 nitrogen and oxygen atoms in total. The minimum absolute atomic E-state index is 0.00275. The van der Waals surface area contributed by atoms with Gasteiger partial charge in [-0.25, -0.2) is 0 Å². The van der Waals surface area contributed by atoms with Crippen LogP contribution in [-0.2, 0) is 23.9 Å². The summed E-state index contributed by atoms with van der Waals surface area (Å²) < 4.78 is 27.3. The first kappa shape index (κ1) is 18.8. The number of aliphatic carboxylic acids is 2. The van der Waals surface area contributed by atoms with Crippen molar-refractivity contribution in [1.82, 2.24) is 0 Å². The van der Waals surface area contributed by atoms with Crippen molar-refractivity contribution < 1.29 is 32.4 Å². The van der Waals surface area contributed by atoms with E-state index in [4.69, 9.17) is 10.2 Å². The van der Waals surface area contributed by atoms with Gasteiger partial charge in [0, 0.05) is 0 Å². The smallest absolute Gasteiger partial charge is 0.303 e. The van der Waals surface area contributed by atoms with Crippen LogP contribution in [-0.4, -0.2) is 37.2 Å². The summed E-state index contributed by atoms with van der Waals surface area (Å²) in [5.41, 5.74) is 0. The Hall–Kier alpha value is -2.19. The minimum atomic E-state index is -3.59. The van der Waals surface area contributed by atoms with Gasteiger partial charge in [-0.15, -0.1) is 6.58 Å². The van der Waals surface area contributed by atoms with Gasteiger partial charge in [-0.05, 0) is 12.1 Å². The van der Waals surface area contributed by atoms with Crippen molar-refractivity contribution in [2.75, 3.05) is 6.61 Å². The fraction of sp³-hybridized carbons (Fsp3) is 0.231. The summed E-state index contributed by atoms with van der Waals surface area (Å²) in [6.07, 6.45) is 0.797. The van der Waals surface area contributed by atoms with Crippen LogP contribution in [0.25, 0.3) is 0 Å². The lowest BCUT2D eigenvalue weighted by molar-refractivity contribution is -0.143. The van der Waals surface area contributed by atoms with E-state index >= 15 is 0 Å². The molecule has 0 fully saturated rings. The molecule has 0 aliphatic carbocycles. The van der Waals surface area contributed by atoms with Crippen LogP contribution in [0.1, 0.15) is 12.8 Å². The van der Waals surface area contributed by atoms with Crippen molar-refractivity contribution in [3.05, 3.63) is 43.0 Å². The van der Waals surface area contributed by atoms with Crippen molar-refractivity contribution in [3.63, 3.8) is 0 Å². The molecule has 1 rings (SSSR count). The van der Waals surface area contributed by atoms with Crippen molar-refractivity contribution in [3.8, 4) is 0 Å². The molecule has 0 aliphatic heterocycles. The van der Waals surface area contributed by atoms with E-state index in [1.807, 2.05) is 0 Å². The van der Waals surface area contributed by atoms with E-state index in [1.165, 1.54) is 18.2 Å². The standard InChI is InChI=1S/C9H10O3S.C4H6O4/c1-2-8-12-13(10,11)9-6-4-3-5-7-9;5-3(6)1-2-4(7)8/h2-7H,1,8H2;1-2H2,(H,5,6)(H,7,8). The zero-order valence-electron chi connectivity index (χ0n) is 11.1. The summed E-state index contributed by atoms with van der Waals surface area (Å²) in [7, 11) is -3.59. The Bertz CT molecular complexity index is 549. The molecule has 0 atom stereocenters. The summed E-state index contributed by atoms with van der Waals surface area (Å²) in [5.74, 6) is -2.15. The largest absolute Gasteiger partial charge is 0.481 e. The Morgan fingerprint density at radius 3 is 1.95 bits per heavy atom. The Morgan fingerprint density at radius 2 is 1.57 bits per heavy atom.